The van der Waals surface area contributed by atoms with Crippen LogP contribution in [0.2, 0.25) is 0 Å². The van der Waals surface area contributed by atoms with Gasteiger partial charge in [-0.05, 0) is 24.5 Å². The van der Waals surface area contributed by atoms with Crippen LogP contribution in [0.15, 0.2) is 30.3 Å². The molecule has 1 aromatic heterocycles. The predicted octanol–water partition coefficient (Wildman–Crippen LogP) is 1.54. The van der Waals surface area contributed by atoms with Crippen LogP contribution in [-0.2, 0) is 11.3 Å². The summed E-state index contributed by atoms with van der Waals surface area (Å²) in [7, 11) is 0. The Morgan fingerprint density at radius 2 is 2.00 bits per heavy atom. The fourth-order valence-corrected chi connectivity index (χ4v) is 2.98. The number of nitrogens with zero attached hydrogens (tertiary/aromatic N) is 4. The maximum absolute atomic E-state index is 11.9. The summed E-state index contributed by atoms with van der Waals surface area (Å²) < 4.78 is 0. The summed E-state index contributed by atoms with van der Waals surface area (Å²) in [5.41, 5.74) is 0.222. The van der Waals surface area contributed by atoms with Gasteiger partial charge in [0.1, 0.15) is 0 Å². The lowest BCUT2D eigenvalue weighted by molar-refractivity contribution is -0.122. The Morgan fingerprint density at radius 3 is 2.75 bits per heavy atom. The number of aromatic nitrogens is 4. The van der Waals surface area contributed by atoms with Crippen molar-refractivity contribution < 1.29 is 9.90 Å². The normalized spacial score (nSPS) is 16.2. The van der Waals surface area contributed by atoms with Crippen LogP contribution in [0.1, 0.15) is 38.5 Å². The van der Waals surface area contributed by atoms with E-state index in [1.54, 1.807) is 0 Å². The number of rotatable bonds is 7. The summed E-state index contributed by atoms with van der Waals surface area (Å²) in [5.74, 6) is 0.544. The molecule has 1 fully saturated rings. The average Bonchev–Trinajstić information content (AvgIpc) is 3.24. The fraction of sp³-hybridized carbons (Fsp3) is 0.529. The molecule has 0 spiro atoms. The van der Waals surface area contributed by atoms with Crippen molar-refractivity contribution in [3.05, 3.63) is 30.3 Å². The maximum Gasteiger partial charge on any atom is 0.220 e. The smallest absolute Gasteiger partial charge is 0.220 e. The van der Waals surface area contributed by atoms with E-state index < -0.39 is 5.60 Å². The predicted molar refractivity (Wildman–Crippen MR) is 88.9 cm³/mol. The Hall–Kier alpha value is -2.28. The van der Waals surface area contributed by atoms with Crippen LogP contribution >= 0.6 is 0 Å². The maximum atomic E-state index is 11.9. The van der Waals surface area contributed by atoms with Crippen LogP contribution in [0.3, 0.4) is 0 Å². The molecule has 1 heterocycles. The first kappa shape index (κ1) is 16.6. The summed E-state index contributed by atoms with van der Waals surface area (Å²) >= 11 is 0. The first-order valence-corrected chi connectivity index (χ1v) is 8.47. The molecule has 2 aromatic rings. The summed E-state index contributed by atoms with van der Waals surface area (Å²) in [6.07, 6.45) is 4.64. The van der Waals surface area contributed by atoms with Crippen molar-refractivity contribution in [3.8, 4) is 11.4 Å². The lowest BCUT2D eigenvalue weighted by Gasteiger charge is -2.22. The summed E-state index contributed by atoms with van der Waals surface area (Å²) in [4.78, 5) is 13.4. The molecule has 2 N–H and O–H groups in total. The highest BCUT2D eigenvalue weighted by Gasteiger charge is 2.31. The van der Waals surface area contributed by atoms with Crippen molar-refractivity contribution >= 4 is 5.91 Å². The van der Waals surface area contributed by atoms with Crippen molar-refractivity contribution in [2.75, 3.05) is 6.54 Å². The molecule has 0 atom stereocenters. The van der Waals surface area contributed by atoms with E-state index in [0.29, 0.717) is 31.8 Å². The number of benzene rings is 1. The van der Waals surface area contributed by atoms with Crippen molar-refractivity contribution in [3.63, 3.8) is 0 Å². The highest BCUT2D eigenvalue weighted by Crippen LogP contribution is 2.28. The Labute approximate surface area is 141 Å². The Kier molecular flexibility index (Phi) is 5.20. The van der Waals surface area contributed by atoms with E-state index >= 15 is 0 Å². The first-order valence-electron chi connectivity index (χ1n) is 8.47. The van der Waals surface area contributed by atoms with E-state index in [0.717, 1.165) is 31.2 Å². The van der Waals surface area contributed by atoms with Gasteiger partial charge >= 0.3 is 0 Å². The molecule has 0 radical (unpaired) electrons. The monoisotopic (exact) mass is 329 g/mol. The molecule has 0 aliphatic heterocycles. The van der Waals surface area contributed by atoms with Crippen molar-refractivity contribution in [1.82, 2.24) is 25.5 Å². The largest absolute Gasteiger partial charge is 0.388 e. The second-order valence-electron chi connectivity index (χ2n) is 6.39. The van der Waals surface area contributed by atoms with Crippen molar-refractivity contribution in [1.29, 1.82) is 0 Å². The Morgan fingerprint density at radius 1 is 1.25 bits per heavy atom. The van der Waals surface area contributed by atoms with Crippen LogP contribution in [0.4, 0.5) is 0 Å². The standard InChI is InChI=1S/C17H23N5O2/c23-15(18-13-17(24)10-4-5-11-17)9-6-12-22-20-16(19-21-22)14-7-2-1-3-8-14/h1-3,7-8,24H,4-6,9-13H2,(H,18,23). The zero-order valence-corrected chi connectivity index (χ0v) is 13.7. The number of carbonyl (C=O) groups excluding carboxylic acids is 1. The van der Waals surface area contributed by atoms with Gasteiger partial charge in [0.25, 0.3) is 0 Å². The molecule has 128 valence electrons. The number of amides is 1. The fourth-order valence-electron chi connectivity index (χ4n) is 2.98. The number of carbonyl (C=O) groups is 1. The zero-order valence-electron chi connectivity index (χ0n) is 13.7. The quantitative estimate of drug-likeness (QED) is 0.804. The number of nitrogens with one attached hydrogen (secondary N) is 1. The Balaban J connectivity index is 1.40. The molecule has 7 heteroatoms. The van der Waals surface area contributed by atoms with E-state index in [9.17, 15) is 9.90 Å². The van der Waals surface area contributed by atoms with Gasteiger partial charge in [-0.2, -0.15) is 4.80 Å². The van der Waals surface area contributed by atoms with Crippen molar-refractivity contribution in [2.24, 2.45) is 0 Å². The van der Waals surface area contributed by atoms with Crippen LogP contribution in [0.5, 0.6) is 0 Å². The van der Waals surface area contributed by atoms with Gasteiger partial charge in [0.15, 0.2) is 0 Å². The third-order valence-corrected chi connectivity index (χ3v) is 4.40. The van der Waals surface area contributed by atoms with Gasteiger partial charge in [0, 0.05) is 18.5 Å². The second-order valence-corrected chi connectivity index (χ2v) is 6.39. The van der Waals surface area contributed by atoms with Gasteiger partial charge in [-0.3, -0.25) is 4.79 Å². The van der Waals surface area contributed by atoms with Crippen molar-refractivity contribution in [2.45, 2.75) is 50.7 Å². The SMILES string of the molecule is O=C(CCCn1nnc(-c2ccccc2)n1)NCC1(O)CCCC1. The molecule has 1 aromatic carbocycles. The molecule has 3 rings (SSSR count). The average molecular weight is 329 g/mol. The van der Waals surface area contributed by atoms with Crippen LogP contribution in [0.25, 0.3) is 11.4 Å². The molecular weight excluding hydrogens is 306 g/mol. The van der Waals surface area contributed by atoms with E-state index in [-0.39, 0.29) is 5.91 Å². The number of aryl methyl sites for hydroxylation is 1. The minimum absolute atomic E-state index is 0.0428. The topological polar surface area (TPSA) is 92.9 Å². The molecule has 1 amide bonds. The highest BCUT2D eigenvalue weighted by atomic mass is 16.3. The molecule has 0 bridgehead atoms. The minimum Gasteiger partial charge on any atom is -0.388 e. The zero-order chi connectivity index (χ0) is 16.8. The molecule has 0 unspecified atom stereocenters. The number of tetrazole rings is 1. The van der Waals surface area contributed by atoms with E-state index in [1.807, 2.05) is 30.3 Å². The lowest BCUT2D eigenvalue weighted by atomic mass is 10.0. The van der Waals surface area contributed by atoms with Gasteiger partial charge in [0.2, 0.25) is 11.7 Å². The highest BCUT2D eigenvalue weighted by molar-refractivity contribution is 5.75. The molecule has 1 aliphatic rings. The number of aliphatic hydroxyl groups is 1. The third kappa shape index (κ3) is 4.38. The number of hydrogen-bond donors (Lipinski definition) is 2. The summed E-state index contributed by atoms with van der Waals surface area (Å²) in [6.45, 7) is 0.892. The molecule has 0 saturated heterocycles. The first-order chi connectivity index (χ1) is 11.6. The van der Waals surface area contributed by atoms with Gasteiger partial charge in [-0.15, -0.1) is 10.2 Å². The summed E-state index contributed by atoms with van der Waals surface area (Å²) in [5, 5.41) is 25.4. The van der Waals surface area contributed by atoms with Gasteiger partial charge in [-0.1, -0.05) is 43.2 Å². The number of hydrogen-bond acceptors (Lipinski definition) is 5. The lowest BCUT2D eigenvalue weighted by Crippen LogP contribution is -2.40. The van der Waals surface area contributed by atoms with Crippen LogP contribution in [-0.4, -0.2) is 43.4 Å². The summed E-state index contributed by atoms with van der Waals surface area (Å²) in [6, 6.07) is 9.66. The third-order valence-electron chi connectivity index (χ3n) is 4.40. The van der Waals surface area contributed by atoms with Crippen LogP contribution < -0.4 is 5.32 Å². The van der Waals surface area contributed by atoms with Gasteiger partial charge in [-0.25, -0.2) is 0 Å². The van der Waals surface area contributed by atoms with E-state index in [4.69, 9.17) is 0 Å². The van der Waals surface area contributed by atoms with Crippen LogP contribution in [0, 0.1) is 0 Å². The molecule has 1 saturated carbocycles. The van der Waals surface area contributed by atoms with Gasteiger partial charge < -0.3 is 10.4 Å². The molecule has 7 nitrogen and oxygen atoms in total. The van der Waals surface area contributed by atoms with E-state index in [2.05, 4.69) is 20.7 Å². The minimum atomic E-state index is -0.701. The molecule has 1 aliphatic carbocycles. The Bertz CT molecular complexity index is 665. The second kappa shape index (κ2) is 7.53. The molecule has 24 heavy (non-hydrogen) atoms. The van der Waals surface area contributed by atoms with E-state index in [1.165, 1.54) is 4.80 Å². The van der Waals surface area contributed by atoms with Gasteiger partial charge in [0.05, 0.1) is 12.1 Å². The molecular formula is C17H23N5O2.